The zero-order valence-corrected chi connectivity index (χ0v) is 12.0. The molecule has 1 rings (SSSR count). The number of hydrogen-bond acceptors (Lipinski definition) is 3. The van der Waals surface area contributed by atoms with Crippen LogP contribution in [-0.2, 0) is 4.79 Å². The molecule has 0 radical (unpaired) electrons. The highest BCUT2D eigenvalue weighted by molar-refractivity contribution is 5.81. The Morgan fingerprint density at radius 3 is 2.55 bits per heavy atom. The van der Waals surface area contributed by atoms with E-state index in [4.69, 9.17) is 4.74 Å². The van der Waals surface area contributed by atoms with Crippen molar-refractivity contribution in [2.45, 2.75) is 6.92 Å². The molecule has 0 bridgehead atoms. The van der Waals surface area contributed by atoms with Crippen molar-refractivity contribution in [1.29, 1.82) is 0 Å². The van der Waals surface area contributed by atoms with Gasteiger partial charge in [-0.25, -0.2) is 0 Å². The van der Waals surface area contributed by atoms with Crippen molar-refractivity contribution >= 4 is 11.6 Å². The fourth-order valence-corrected chi connectivity index (χ4v) is 1.77. The van der Waals surface area contributed by atoms with E-state index in [0.29, 0.717) is 19.7 Å². The number of benzene rings is 1. The summed E-state index contributed by atoms with van der Waals surface area (Å²) in [4.78, 5) is 13.8. The summed E-state index contributed by atoms with van der Waals surface area (Å²) in [6, 6.07) is 7.57. The normalized spacial score (nSPS) is 9.65. The number of amides is 1. The molecule has 0 saturated heterocycles. The van der Waals surface area contributed by atoms with Crippen molar-refractivity contribution < 1.29 is 9.53 Å². The number of nitrogens with one attached hydrogen (secondary N) is 1. The van der Waals surface area contributed by atoms with Gasteiger partial charge in [-0.1, -0.05) is 24.3 Å². The Morgan fingerprint density at radius 2 is 1.95 bits per heavy atom. The highest BCUT2D eigenvalue weighted by atomic mass is 16.5. The first-order valence-corrected chi connectivity index (χ1v) is 6.68. The minimum absolute atomic E-state index is 0.00361. The first kappa shape index (κ1) is 15.8. The number of carbonyl (C=O) groups is 1. The van der Waals surface area contributed by atoms with E-state index in [1.807, 2.05) is 31.2 Å². The predicted molar refractivity (Wildman–Crippen MR) is 83.1 cm³/mol. The van der Waals surface area contributed by atoms with Gasteiger partial charge in [-0.3, -0.25) is 4.79 Å². The van der Waals surface area contributed by atoms with Crippen LogP contribution in [-0.4, -0.2) is 37.0 Å². The lowest BCUT2D eigenvalue weighted by molar-refractivity contribution is -0.128. The molecule has 20 heavy (non-hydrogen) atoms. The Labute approximate surface area is 120 Å². The number of nitrogens with zero attached hydrogens (tertiary/aromatic N) is 1. The lowest BCUT2D eigenvalue weighted by Gasteiger charge is -2.20. The second kappa shape index (κ2) is 8.80. The van der Waals surface area contributed by atoms with Crippen molar-refractivity contribution in [2.24, 2.45) is 0 Å². The van der Waals surface area contributed by atoms with Crippen LogP contribution < -0.4 is 10.1 Å². The van der Waals surface area contributed by atoms with Crippen LogP contribution in [0.3, 0.4) is 0 Å². The molecule has 1 aromatic carbocycles. The van der Waals surface area contributed by atoms with Crippen LogP contribution >= 0.6 is 0 Å². The molecular weight excluding hydrogens is 252 g/mol. The van der Waals surface area contributed by atoms with Crippen molar-refractivity contribution in [1.82, 2.24) is 4.90 Å². The number of ether oxygens (including phenoxy) is 1. The quantitative estimate of drug-likeness (QED) is 0.704. The first-order chi connectivity index (χ1) is 9.72. The number of para-hydroxylation sites is 2. The standard InChI is InChI=1S/C16H22N2O2/c1-4-11-18(12-5-2)16(19)13-17-14-9-7-8-10-15(14)20-6-3/h4-5,7-10,17H,1-2,6,11-13H2,3H3. The molecule has 0 fully saturated rings. The average Bonchev–Trinajstić information content (AvgIpc) is 2.46. The minimum atomic E-state index is -0.00361. The smallest absolute Gasteiger partial charge is 0.242 e. The van der Waals surface area contributed by atoms with Gasteiger partial charge in [0.05, 0.1) is 18.8 Å². The Kier molecular flexibility index (Phi) is 6.96. The fourth-order valence-electron chi connectivity index (χ4n) is 1.77. The van der Waals surface area contributed by atoms with Gasteiger partial charge in [0.25, 0.3) is 0 Å². The Hall–Kier alpha value is -2.23. The zero-order chi connectivity index (χ0) is 14.8. The molecule has 0 saturated carbocycles. The van der Waals surface area contributed by atoms with Crippen LogP contribution in [0.25, 0.3) is 0 Å². The van der Waals surface area contributed by atoms with Gasteiger partial charge in [-0.05, 0) is 19.1 Å². The van der Waals surface area contributed by atoms with Crippen molar-refractivity contribution in [2.75, 3.05) is 31.6 Å². The van der Waals surface area contributed by atoms with Crippen molar-refractivity contribution in [3.05, 3.63) is 49.6 Å². The summed E-state index contributed by atoms with van der Waals surface area (Å²) in [6.45, 7) is 11.1. The molecule has 4 nitrogen and oxygen atoms in total. The molecule has 0 aromatic heterocycles. The van der Waals surface area contributed by atoms with E-state index in [-0.39, 0.29) is 12.5 Å². The Morgan fingerprint density at radius 1 is 1.30 bits per heavy atom. The van der Waals surface area contributed by atoms with Gasteiger partial charge in [0.1, 0.15) is 5.75 Å². The Balaban J connectivity index is 2.63. The molecule has 1 N–H and O–H groups in total. The lowest BCUT2D eigenvalue weighted by atomic mass is 10.3. The molecule has 0 spiro atoms. The molecule has 0 aliphatic heterocycles. The molecule has 0 aliphatic carbocycles. The van der Waals surface area contributed by atoms with E-state index < -0.39 is 0 Å². The lowest BCUT2D eigenvalue weighted by Crippen LogP contribution is -2.35. The molecule has 4 heteroatoms. The van der Waals surface area contributed by atoms with Crippen LogP contribution in [0.15, 0.2) is 49.6 Å². The van der Waals surface area contributed by atoms with E-state index in [1.165, 1.54) is 0 Å². The van der Waals surface area contributed by atoms with Gasteiger partial charge in [0.15, 0.2) is 0 Å². The van der Waals surface area contributed by atoms with Gasteiger partial charge in [0.2, 0.25) is 5.91 Å². The van der Waals surface area contributed by atoms with Crippen LogP contribution in [0.5, 0.6) is 5.75 Å². The second-order valence-corrected chi connectivity index (χ2v) is 4.16. The largest absolute Gasteiger partial charge is 0.492 e. The summed E-state index contributed by atoms with van der Waals surface area (Å²) in [5.41, 5.74) is 0.819. The second-order valence-electron chi connectivity index (χ2n) is 4.16. The van der Waals surface area contributed by atoms with Gasteiger partial charge >= 0.3 is 0 Å². The maximum atomic E-state index is 12.1. The van der Waals surface area contributed by atoms with E-state index in [9.17, 15) is 4.79 Å². The van der Waals surface area contributed by atoms with E-state index in [1.54, 1.807) is 17.1 Å². The van der Waals surface area contributed by atoms with Crippen molar-refractivity contribution in [3.8, 4) is 5.75 Å². The topological polar surface area (TPSA) is 41.6 Å². The van der Waals surface area contributed by atoms with Gasteiger partial charge in [-0.2, -0.15) is 0 Å². The molecular formula is C16H22N2O2. The van der Waals surface area contributed by atoms with E-state index in [2.05, 4.69) is 18.5 Å². The van der Waals surface area contributed by atoms with Crippen LogP contribution in [0, 0.1) is 0 Å². The Bertz CT molecular complexity index is 448. The number of rotatable bonds is 9. The SMILES string of the molecule is C=CCN(CC=C)C(=O)CNc1ccccc1OCC. The molecule has 0 unspecified atom stereocenters. The number of anilines is 1. The highest BCUT2D eigenvalue weighted by Crippen LogP contribution is 2.23. The van der Waals surface area contributed by atoms with Gasteiger partial charge in [0, 0.05) is 13.1 Å². The summed E-state index contributed by atoms with van der Waals surface area (Å²) in [6.07, 6.45) is 3.41. The van der Waals surface area contributed by atoms with Crippen molar-refractivity contribution in [3.63, 3.8) is 0 Å². The molecule has 1 amide bonds. The summed E-state index contributed by atoms with van der Waals surface area (Å²) >= 11 is 0. The maximum absolute atomic E-state index is 12.1. The maximum Gasteiger partial charge on any atom is 0.242 e. The summed E-state index contributed by atoms with van der Waals surface area (Å²) in [5.74, 6) is 0.748. The molecule has 0 atom stereocenters. The third-order valence-corrected chi connectivity index (χ3v) is 2.67. The summed E-state index contributed by atoms with van der Waals surface area (Å²) < 4.78 is 5.51. The first-order valence-electron chi connectivity index (χ1n) is 6.68. The monoisotopic (exact) mass is 274 g/mol. The predicted octanol–water partition coefficient (Wildman–Crippen LogP) is 2.70. The van der Waals surface area contributed by atoms with Gasteiger partial charge < -0.3 is 15.0 Å². The zero-order valence-electron chi connectivity index (χ0n) is 12.0. The minimum Gasteiger partial charge on any atom is -0.492 e. The average molecular weight is 274 g/mol. The van der Waals surface area contributed by atoms with E-state index in [0.717, 1.165) is 11.4 Å². The third-order valence-electron chi connectivity index (χ3n) is 2.67. The van der Waals surface area contributed by atoms with Crippen LogP contribution in [0.1, 0.15) is 6.92 Å². The molecule has 0 heterocycles. The number of hydrogen-bond donors (Lipinski definition) is 1. The van der Waals surface area contributed by atoms with Crippen LogP contribution in [0.2, 0.25) is 0 Å². The molecule has 1 aromatic rings. The third kappa shape index (κ3) is 4.80. The van der Waals surface area contributed by atoms with Gasteiger partial charge in [-0.15, -0.1) is 13.2 Å². The highest BCUT2D eigenvalue weighted by Gasteiger charge is 2.11. The summed E-state index contributed by atoms with van der Waals surface area (Å²) in [5, 5.41) is 3.11. The number of carbonyl (C=O) groups excluding carboxylic acids is 1. The van der Waals surface area contributed by atoms with E-state index >= 15 is 0 Å². The summed E-state index contributed by atoms with van der Waals surface area (Å²) in [7, 11) is 0. The fraction of sp³-hybridized carbons (Fsp3) is 0.312. The van der Waals surface area contributed by atoms with Crippen LogP contribution in [0.4, 0.5) is 5.69 Å². The molecule has 108 valence electrons. The molecule has 0 aliphatic rings.